The predicted octanol–water partition coefficient (Wildman–Crippen LogP) is 3.88. The highest BCUT2D eigenvalue weighted by molar-refractivity contribution is 7.98. The smallest absolute Gasteiger partial charge is 0.412 e. The molecule has 1 fully saturated rings. The molecule has 7 heteroatoms. The van der Waals surface area contributed by atoms with Gasteiger partial charge in [-0.2, -0.15) is 11.8 Å². The molecule has 6 nitrogen and oxygen atoms in total. The summed E-state index contributed by atoms with van der Waals surface area (Å²) in [6, 6.07) is 6.45. The van der Waals surface area contributed by atoms with E-state index in [9.17, 15) is 4.79 Å². The molecule has 0 saturated carbocycles. The Balaban J connectivity index is 1.97. The zero-order valence-electron chi connectivity index (χ0n) is 17.2. The van der Waals surface area contributed by atoms with Crippen molar-refractivity contribution in [1.82, 2.24) is 4.90 Å². The highest BCUT2D eigenvalue weighted by Gasteiger charge is 2.23. The number of rotatable bonds is 6. The van der Waals surface area contributed by atoms with Gasteiger partial charge >= 0.3 is 6.09 Å². The largest absolute Gasteiger partial charge is 0.444 e. The Kier molecular flexibility index (Phi) is 7.68. The second kappa shape index (κ2) is 9.55. The molecule has 0 aromatic heterocycles. The van der Waals surface area contributed by atoms with E-state index >= 15 is 0 Å². The van der Waals surface area contributed by atoms with Crippen molar-refractivity contribution in [2.75, 3.05) is 54.6 Å². The maximum absolute atomic E-state index is 12.1. The lowest BCUT2D eigenvalue weighted by Crippen LogP contribution is -2.44. The van der Waals surface area contributed by atoms with Crippen LogP contribution in [-0.4, -0.2) is 61.3 Å². The molecule has 1 amide bonds. The van der Waals surface area contributed by atoms with Crippen LogP contribution in [0.2, 0.25) is 0 Å². The van der Waals surface area contributed by atoms with Crippen LogP contribution in [0.25, 0.3) is 0 Å². The first-order chi connectivity index (χ1) is 12.7. The summed E-state index contributed by atoms with van der Waals surface area (Å²) in [4.78, 5) is 16.9. The number of nitrogen functional groups attached to an aromatic ring is 1. The van der Waals surface area contributed by atoms with Crippen molar-refractivity contribution in [3.05, 3.63) is 18.2 Å². The van der Waals surface area contributed by atoms with E-state index in [1.807, 2.05) is 50.7 Å². The van der Waals surface area contributed by atoms with Crippen LogP contribution < -0.4 is 16.0 Å². The molecule has 0 radical (unpaired) electrons. The third kappa shape index (κ3) is 6.81. The number of thioether (sulfide) groups is 1. The highest BCUT2D eigenvalue weighted by atomic mass is 32.2. The molecule has 1 aliphatic rings. The first-order valence-electron chi connectivity index (χ1n) is 9.53. The van der Waals surface area contributed by atoms with Crippen molar-refractivity contribution in [3.8, 4) is 0 Å². The van der Waals surface area contributed by atoms with Crippen molar-refractivity contribution in [2.45, 2.75) is 45.3 Å². The summed E-state index contributed by atoms with van der Waals surface area (Å²) in [7, 11) is 2.22. The number of carbonyl (C=O) groups excluding carboxylic acids is 1. The van der Waals surface area contributed by atoms with Gasteiger partial charge in [0.05, 0.1) is 11.4 Å². The van der Waals surface area contributed by atoms with Gasteiger partial charge in [0.25, 0.3) is 0 Å². The van der Waals surface area contributed by atoms with Crippen LogP contribution in [0.5, 0.6) is 0 Å². The monoisotopic (exact) mass is 394 g/mol. The zero-order chi connectivity index (χ0) is 20.0. The average Bonchev–Trinajstić information content (AvgIpc) is 2.60. The Morgan fingerprint density at radius 2 is 2.04 bits per heavy atom. The van der Waals surface area contributed by atoms with Gasteiger partial charge in [0.1, 0.15) is 5.60 Å². The lowest BCUT2D eigenvalue weighted by atomic mass is 10.0. The second-order valence-corrected chi connectivity index (χ2v) is 9.08. The number of benzene rings is 1. The Bertz CT molecular complexity index is 625. The summed E-state index contributed by atoms with van der Waals surface area (Å²) >= 11 is 1.89. The molecule has 2 rings (SSSR count). The van der Waals surface area contributed by atoms with E-state index in [1.165, 1.54) is 5.75 Å². The number of piperidine rings is 1. The van der Waals surface area contributed by atoms with Crippen LogP contribution in [0.1, 0.15) is 33.6 Å². The van der Waals surface area contributed by atoms with E-state index in [-0.39, 0.29) is 0 Å². The van der Waals surface area contributed by atoms with Gasteiger partial charge in [0.2, 0.25) is 0 Å². The van der Waals surface area contributed by atoms with Gasteiger partial charge in [-0.3, -0.25) is 5.32 Å². The van der Waals surface area contributed by atoms with Gasteiger partial charge in [-0.1, -0.05) is 0 Å². The maximum atomic E-state index is 12.1. The third-order valence-corrected chi connectivity index (χ3v) is 5.36. The molecule has 1 aliphatic heterocycles. The Morgan fingerprint density at radius 3 is 2.63 bits per heavy atom. The molecular formula is C20H34N4O2S. The van der Waals surface area contributed by atoms with Crippen molar-refractivity contribution >= 4 is 34.9 Å². The van der Waals surface area contributed by atoms with E-state index in [1.54, 1.807) is 0 Å². The quantitative estimate of drug-likeness (QED) is 0.714. The lowest BCUT2D eigenvalue weighted by Gasteiger charge is -2.38. The van der Waals surface area contributed by atoms with Gasteiger partial charge in [0, 0.05) is 37.1 Å². The first-order valence-corrected chi connectivity index (χ1v) is 10.9. The summed E-state index contributed by atoms with van der Waals surface area (Å²) in [5.41, 5.74) is 7.72. The number of hydrogen-bond donors (Lipinski definition) is 2. The number of anilines is 3. The molecule has 3 N–H and O–H groups in total. The van der Waals surface area contributed by atoms with Crippen LogP contribution in [0.4, 0.5) is 21.9 Å². The summed E-state index contributed by atoms with van der Waals surface area (Å²) in [5, 5.41) is 2.77. The molecule has 0 bridgehead atoms. The normalized spacial score (nSPS) is 15.9. The number of nitrogens with one attached hydrogen (secondary N) is 1. The summed E-state index contributed by atoms with van der Waals surface area (Å²) in [6.07, 6.45) is 3.95. The number of hydrogen-bond acceptors (Lipinski definition) is 6. The minimum absolute atomic E-state index is 0.486. The molecule has 0 aliphatic carbocycles. The minimum Gasteiger partial charge on any atom is -0.444 e. The fourth-order valence-electron chi connectivity index (χ4n) is 3.25. The van der Waals surface area contributed by atoms with Crippen molar-refractivity contribution in [1.29, 1.82) is 0 Å². The topological polar surface area (TPSA) is 70.8 Å². The zero-order valence-corrected chi connectivity index (χ0v) is 18.1. The molecule has 1 aromatic rings. The van der Waals surface area contributed by atoms with Crippen LogP contribution in [0, 0.1) is 0 Å². The summed E-state index contributed by atoms with van der Waals surface area (Å²) in [5.74, 6) is 1.17. The van der Waals surface area contributed by atoms with E-state index in [0.717, 1.165) is 38.2 Å². The van der Waals surface area contributed by atoms with E-state index in [2.05, 4.69) is 28.4 Å². The number of amides is 1. The average molecular weight is 395 g/mol. The van der Waals surface area contributed by atoms with Crippen molar-refractivity contribution in [3.63, 3.8) is 0 Å². The molecular weight excluding hydrogens is 360 g/mol. The van der Waals surface area contributed by atoms with Crippen LogP contribution in [0.15, 0.2) is 18.2 Å². The highest BCUT2D eigenvalue weighted by Crippen LogP contribution is 2.29. The van der Waals surface area contributed by atoms with Gasteiger partial charge in [-0.15, -0.1) is 0 Å². The molecule has 27 heavy (non-hydrogen) atoms. The number of ether oxygens (including phenoxy) is 1. The first kappa shape index (κ1) is 21.7. The van der Waals surface area contributed by atoms with E-state index < -0.39 is 11.7 Å². The van der Waals surface area contributed by atoms with E-state index in [0.29, 0.717) is 17.4 Å². The van der Waals surface area contributed by atoms with Crippen molar-refractivity contribution in [2.24, 2.45) is 0 Å². The van der Waals surface area contributed by atoms with Gasteiger partial charge in [0.15, 0.2) is 0 Å². The number of carbonyl (C=O) groups is 1. The predicted molar refractivity (Wildman–Crippen MR) is 117 cm³/mol. The summed E-state index contributed by atoms with van der Waals surface area (Å²) < 4.78 is 5.33. The fourth-order valence-corrected chi connectivity index (χ4v) is 3.72. The molecule has 1 aromatic carbocycles. The van der Waals surface area contributed by atoms with Crippen molar-refractivity contribution < 1.29 is 9.53 Å². The number of nitrogens with zero attached hydrogens (tertiary/aromatic N) is 2. The Morgan fingerprint density at radius 1 is 1.37 bits per heavy atom. The minimum atomic E-state index is -0.541. The second-order valence-electron chi connectivity index (χ2n) is 8.09. The fraction of sp³-hybridized carbons (Fsp3) is 0.650. The molecule has 152 valence electrons. The van der Waals surface area contributed by atoms with Crippen LogP contribution in [0.3, 0.4) is 0 Å². The maximum Gasteiger partial charge on any atom is 0.412 e. The summed E-state index contributed by atoms with van der Waals surface area (Å²) in [6.45, 7) is 8.66. The Hall–Kier alpha value is -1.60. The number of nitrogens with two attached hydrogens (primary N) is 1. The molecule has 0 atom stereocenters. The Labute approximate surface area is 167 Å². The standard InChI is InChI=1S/C20H34N4O2S/c1-20(2,3)26-19(25)22-18-14-16(6-7-17(18)21)24-10-8-15(9-11-24)23(4)12-13-27-5/h6-7,14-15H,8-13,21H2,1-5H3,(H,22,25). The van der Waals surface area contributed by atoms with Gasteiger partial charge in [-0.25, -0.2) is 4.79 Å². The van der Waals surface area contributed by atoms with E-state index in [4.69, 9.17) is 10.5 Å². The van der Waals surface area contributed by atoms with Crippen LogP contribution >= 0.6 is 11.8 Å². The third-order valence-electron chi connectivity index (χ3n) is 4.77. The molecule has 0 unspecified atom stereocenters. The van der Waals surface area contributed by atoms with Crippen LogP contribution in [-0.2, 0) is 4.74 Å². The van der Waals surface area contributed by atoms with Gasteiger partial charge in [-0.05, 0) is 65.1 Å². The molecule has 1 heterocycles. The SMILES string of the molecule is CSCCN(C)C1CCN(c2ccc(N)c(NC(=O)OC(C)(C)C)c2)CC1. The van der Waals surface area contributed by atoms with Gasteiger partial charge < -0.3 is 20.3 Å². The molecule has 0 spiro atoms. The molecule has 1 saturated heterocycles. The lowest BCUT2D eigenvalue weighted by molar-refractivity contribution is 0.0636.